The van der Waals surface area contributed by atoms with Crippen LogP contribution in [0.2, 0.25) is 5.02 Å². The number of thiophene rings is 1. The summed E-state index contributed by atoms with van der Waals surface area (Å²) in [7, 11) is 0. The first-order valence-corrected chi connectivity index (χ1v) is 9.80. The van der Waals surface area contributed by atoms with Crippen LogP contribution in [0.1, 0.15) is 37.4 Å². The van der Waals surface area contributed by atoms with Gasteiger partial charge in [-0.2, -0.15) is 0 Å². The molecule has 0 aliphatic heterocycles. The fourth-order valence-corrected chi connectivity index (χ4v) is 3.75. The number of halogens is 1. The Hall–Kier alpha value is -2.11. The molecule has 2 unspecified atom stereocenters. The zero-order valence-electron chi connectivity index (χ0n) is 15.0. The first-order valence-electron chi connectivity index (χ1n) is 8.54. The van der Waals surface area contributed by atoms with E-state index in [2.05, 4.69) is 33.9 Å². The molecule has 0 saturated heterocycles. The third-order valence-corrected chi connectivity index (χ3v) is 5.37. The van der Waals surface area contributed by atoms with E-state index in [0.717, 1.165) is 11.1 Å². The van der Waals surface area contributed by atoms with Crippen LogP contribution in [0.5, 0.6) is 5.88 Å². The molecule has 2 atom stereocenters. The number of nitrogens with zero attached hydrogens (tertiary/aromatic N) is 1. The standard InChI is InChI=1S/C20H21ClN2O2S/c1-4-17(25-20-16(21)9-12(2)11-22-20)19(24)23-13(3)14-5-6-18-15(10-14)7-8-26-18/h5-11,13,17H,4H2,1-3H3,(H,23,24). The summed E-state index contributed by atoms with van der Waals surface area (Å²) in [6.07, 6.45) is 1.55. The second-order valence-electron chi connectivity index (χ2n) is 6.26. The number of aromatic nitrogens is 1. The van der Waals surface area contributed by atoms with Gasteiger partial charge < -0.3 is 10.1 Å². The highest BCUT2D eigenvalue weighted by Crippen LogP contribution is 2.26. The minimum Gasteiger partial charge on any atom is -0.463 e. The van der Waals surface area contributed by atoms with E-state index in [9.17, 15) is 4.79 Å². The van der Waals surface area contributed by atoms with Gasteiger partial charge in [0.15, 0.2) is 6.10 Å². The highest BCUT2D eigenvalue weighted by Gasteiger charge is 2.22. The Morgan fingerprint density at radius 3 is 2.88 bits per heavy atom. The average molecular weight is 389 g/mol. The van der Waals surface area contributed by atoms with Crippen molar-refractivity contribution in [1.82, 2.24) is 10.3 Å². The van der Waals surface area contributed by atoms with Crippen molar-refractivity contribution in [3.8, 4) is 5.88 Å². The second kappa shape index (κ2) is 8.06. The van der Waals surface area contributed by atoms with Crippen LogP contribution in [0.15, 0.2) is 41.9 Å². The number of nitrogens with one attached hydrogen (secondary N) is 1. The van der Waals surface area contributed by atoms with Crippen molar-refractivity contribution < 1.29 is 9.53 Å². The van der Waals surface area contributed by atoms with Crippen LogP contribution in [0.4, 0.5) is 0 Å². The summed E-state index contributed by atoms with van der Waals surface area (Å²) < 4.78 is 6.99. The Morgan fingerprint density at radius 1 is 1.35 bits per heavy atom. The van der Waals surface area contributed by atoms with Gasteiger partial charge in [0.2, 0.25) is 5.88 Å². The first-order chi connectivity index (χ1) is 12.5. The molecule has 1 amide bonds. The number of carbonyl (C=O) groups is 1. The fourth-order valence-electron chi connectivity index (χ4n) is 2.71. The maximum absolute atomic E-state index is 12.6. The van der Waals surface area contributed by atoms with Crippen molar-refractivity contribution in [3.05, 3.63) is 58.1 Å². The number of hydrogen-bond acceptors (Lipinski definition) is 4. The van der Waals surface area contributed by atoms with Crippen molar-refractivity contribution in [2.45, 2.75) is 39.3 Å². The van der Waals surface area contributed by atoms with Crippen LogP contribution < -0.4 is 10.1 Å². The molecule has 136 valence electrons. The Morgan fingerprint density at radius 2 is 2.15 bits per heavy atom. The van der Waals surface area contributed by atoms with Crippen LogP contribution in [0.3, 0.4) is 0 Å². The lowest BCUT2D eigenvalue weighted by Gasteiger charge is -2.21. The highest BCUT2D eigenvalue weighted by atomic mass is 35.5. The SMILES string of the molecule is CCC(Oc1ncc(C)cc1Cl)C(=O)NC(C)c1ccc2sccc2c1. The first kappa shape index (κ1) is 18.7. The average Bonchev–Trinajstić information content (AvgIpc) is 3.08. The molecular weight excluding hydrogens is 368 g/mol. The molecule has 26 heavy (non-hydrogen) atoms. The van der Waals surface area contributed by atoms with Gasteiger partial charge in [0, 0.05) is 10.9 Å². The number of pyridine rings is 1. The van der Waals surface area contributed by atoms with Gasteiger partial charge in [0.1, 0.15) is 5.02 Å². The molecule has 2 heterocycles. The summed E-state index contributed by atoms with van der Waals surface area (Å²) in [4.78, 5) is 16.8. The molecule has 0 radical (unpaired) electrons. The van der Waals surface area contributed by atoms with Crippen molar-refractivity contribution in [2.24, 2.45) is 0 Å². The lowest BCUT2D eigenvalue weighted by Crippen LogP contribution is -2.39. The third-order valence-electron chi connectivity index (χ3n) is 4.20. The van der Waals surface area contributed by atoms with Crippen LogP contribution >= 0.6 is 22.9 Å². The zero-order valence-corrected chi connectivity index (χ0v) is 16.5. The quantitative estimate of drug-likeness (QED) is 0.623. The van der Waals surface area contributed by atoms with Gasteiger partial charge >= 0.3 is 0 Å². The largest absolute Gasteiger partial charge is 0.463 e. The minimum absolute atomic E-state index is 0.120. The molecule has 0 aliphatic carbocycles. The molecule has 0 fully saturated rings. The van der Waals surface area contributed by atoms with E-state index < -0.39 is 6.10 Å². The lowest BCUT2D eigenvalue weighted by molar-refractivity contribution is -0.128. The molecule has 2 aromatic heterocycles. The summed E-state index contributed by atoms with van der Waals surface area (Å²) in [5, 5.41) is 6.69. The Kier molecular flexibility index (Phi) is 5.79. The molecule has 4 nitrogen and oxygen atoms in total. The maximum atomic E-state index is 12.6. The smallest absolute Gasteiger partial charge is 0.261 e. The predicted molar refractivity (Wildman–Crippen MR) is 107 cm³/mol. The Balaban J connectivity index is 1.69. The normalized spacial score (nSPS) is 13.4. The number of benzene rings is 1. The molecule has 3 aromatic rings. The van der Waals surface area contributed by atoms with Crippen molar-refractivity contribution in [3.63, 3.8) is 0 Å². The van der Waals surface area contributed by atoms with Crippen LogP contribution in [0.25, 0.3) is 10.1 Å². The number of fused-ring (bicyclic) bond motifs is 1. The van der Waals surface area contributed by atoms with E-state index in [1.54, 1.807) is 23.6 Å². The minimum atomic E-state index is -0.643. The van der Waals surface area contributed by atoms with Gasteiger partial charge in [-0.05, 0) is 66.4 Å². The van der Waals surface area contributed by atoms with Crippen LogP contribution in [-0.4, -0.2) is 17.0 Å². The molecule has 0 aliphatic rings. The van der Waals surface area contributed by atoms with E-state index in [4.69, 9.17) is 16.3 Å². The number of aryl methyl sites for hydroxylation is 1. The highest BCUT2D eigenvalue weighted by molar-refractivity contribution is 7.17. The van der Waals surface area contributed by atoms with Gasteiger partial charge in [-0.3, -0.25) is 4.79 Å². The number of carbonyl (C=O) groups excluding carboxylic acids is 1. The third kappa shape index (κ3) is 4.17. The van der Waals surface area contributed by atoms with Crippen molar-refractivity contribution in [1.29, 1.82) is 0 Å². The second-order valence-corrected chi connectivity index (χ2v) is 7.62. The van der Waals surface area contributed by atoms with Crippen molar-refractivity contribution >= 4 is 38.9 Å². The van der Waals surface area contributed by atoms with Gasteiger partial charge in [-0.1, -0.05) is 24.6 Å². The van der Waals surface area contributed by atoms with Crippen molar-refractivity contribution in [2.75, 3.05) is 0 Å². The predicted octanol–water partition coefficient (Wildman–Crippen LogP) is 5.29. The van der Waals surface area contributed by atoms with E-state index in [0.29, 0.717) is 11.4 Å². The Labute approximate surface area is 162 Å². The van der Waals surface area contributed by atoms with E-state index in [1.807, 2.05) is 26.8 Å². The lowest BCUT2D eigenvalue weighted by atomic mass is 10.1. The van der Waals surface area contributed by atoms with Crippen LogP contribution in [-0.2, 0) is 4.79 Å². The monoisotopic (exact) mass is 388 g/mol. The zero-order chi connectivity index (χ0) is 18.7. The summed E-state index contributed by atoms with van der Waals surface area (Å²) in [6.45, 7) is 5.77. The van der Waals surface area contributed by atoms with Gasteiger partial charge in [0.25, 0.3) is 5.91 Å². The van der Waals surface area contributed by atoms with Crippen LogP contribution in [0, 0.1) is 6.92 Å². The maximum Gasteiger partial charge on any atom is 0.261 e. The summed E-state index contributed by atoms with van der Waals surface area (Å²) in [5.41, 5.74) is 2.00. The van der Waals surface area contributed by atoms with E-state index in [-0.39, 0.29) is 17.8 Å². The number of amides is 1. The van der Waals surface area contributed by atoms with E-state index >= 15 is 0 Å². The molecule has 0 bridgehead atoms. The summed E-state index contributed by atoms with van der Waals surface area (Å²) in [5.74, 6) is 0.107. The molecule has 0 spiro atoms. The van der Waals surface area contributed by atoms with Gasteiger partial charge in [-0.15, -0.1) is 11.3 Å². The number of rotatable bonds is 6. The molecule has 6 heteroatoms. The molecule has 1 aromatic carbocycles. The molecule has 3 rings (SSSR count). The molecule has 1 N–H and O–H groups in total. The topological polar surface area (TPSA) is 51.2 Å². The molecular formula is C20H21ClN2O2S. The Bertz CT molecular complexity index is 925. The van der Waals surface area contributed by atoms with Gasteiger partial charge in [-0.25, -0.2) is 4.98 Å². The summed E-state index contributed by atoms with van der Waals surface area (Å²) >= 11 is 7.87. The fraction of sp³-hybridized carbons (Fsp3) is 0.300. The van der Waals surface area contributed by atoms with E-state index in [1.165, 1.54) is 10.1 Å². The van der Waals surface area contributed by atoms with Gasteiger partial charge in [0.05, 0.1) is 6.04 Å². The number of ether oxygens (including phenoxy) is 1. The summed E-state index contributed by atoms with van der Waals surface area (Å²) in [6, 6.07) is 9.97. The number of hydrogen-bond donors (Lipinski definition) is 1. The molecule has 0 saturated carbocycles.